The van der Waals surface area contributed by atoms with E-state index in [1.54, 1.807) is 0 Å². The van der Waals surface area contributed by atoms with E-state index in [0.29, 0.717) is 11.3 Å². The van der Waals surface area contributed by atoms with Crippen LogP contribution in [-0.2, 0) is 4.57 Å². The van der Waals surface area contributed by atoms with Gasteiger partial charge in [0.2, 0.25) is 0 Å². The van der Waals surface area contributed by atoms with Gasteiger partial charge in [0.25, 0.3) is 0 Å². The lowest BCUT2D eigenvalue weighted by atomic mass is 10.5. The molecule has 0 atom stereocenters. The summed E-state index contributed by atoms with van der Waals surface area (Å²) in [5, 5.41) is 3.15. The fourth-order valence-electron chi connectivity index (χ4n) is 2.23. The molecule has 0 N–H and O–H groups in total. The van der Waals surface area contributed by atoms with Crippen molar-refractivity contribution < 1.29 is 4.57 Å². The maximum Gasteiger partial charge on any atom is 0.124 e. The molecule has 1 aromatic rings. The highest BCUT2D eigenvalue weighted by Crippen LogP contribution is 2.69. The van der Waals surface area contributed by atoms with Crippen LogP contribution < -0.4 is 5.30 Å². The van der Waals surface area contributed by atoms with Crippen molar-refractivity contribution in [2.75, 3.05) is 0 Å². The fourth-order valence-corrected chi connectivity index (χ4v) is 7.45. The maximum atomic E-state index is 13.0. The lowest BCUT2D eigenvalue weighted by molar-refractivity contribution is 0.579. The van der Waals surface area contributed by atoms with Crippen LogP contribution in [0.1, 0.15) is 31.4 Å². The summed E-state index contributed by atoms with van der Waals surface area (Å²) in [6.45, 7) is 2.00. The first-order valence-electron chi connectivity index (χ1n) is 5.24. The normalized spacial score (nSPS) is 22.6. The van der Waals surface area contributed by atoms with E-state index in [9.17, 15) is 4.57 Å². The van der Waals surface area contributed by atoms with E-state index in [2.05, 4.69) is 4.37 Å². The Morgan fingerprint density at radius 1 is 1.36 bits per heavy atom. The average molecular weight is 227 g/mol. The van der Waals surface area contributed by atoms with Crippen LogP contribution in [0.2, 0.25) is 0 Å². The summed E-state index contributed by atoms with van der Waals surface area (Å²) >= 11 is 1.46. The molecule has 2 aliphatic rings. The molecule has 0 radical (unpaired) electrons. The smallest absolute Gasteiger partial charge is 0.124 e. The molecule has 2 nitrogen and oxygen atoms in total. The molecule has 2 saturated carbocycles. The van der Waals surface area contributed by atoms with Gasteiger partial charge in [-0.25, -0.2) is 0 Å². The molecule has 2 fully saturated rings. The first kappa shape index (κ1) is 9.11. The van der Waals surface area contributed by atoms with Crippen molar-refractivity contribution in [3.8, 4) is 0 Å². The standard InChI is InChI=1S/C10H14NOPS/c1-7-10(6-14-11-7)13(12,8-2-3-8)9-4-5-9/h6,8-9H,2-5H2,1H3. The van der Waals surface area contributed by atoms with Gasteiger partial charge >= 0.3 is 0 Å². The van der Waals surface area contributed by atoms with Crippen LogP contribution >= 0.6 is 18.7 Å². The highest BCUT2D eigenvalue weighted by atomic mass is 32.1. The van der Waals surface area contributed by atoms with Gasteiger partial charge in [0, 0.05) is 22.0 Å². The molecule has 1 aromatic heterocycles. The first-order valence-corrected chi connectivity index (χ1v) is 7.92. The van der Waals surface area contributed by atoms with E-state index in [-0.39, 0.29) is 0 Å². The van der Waals surface area contributed by atoms with Gasteiger partial charge in [0.1, 0.15) is 7.14 Å². The lowest BCUT2D eigenvalue weighted by Crippen LogP contribution is -2.13. The summed E-state index contributed by atoms with van der Waals surface area (Å²) in [6.07, 6.45) is 4.73. The zero-order chi connectivity index (χ0) is 9.76. The summed E-state index contributed by atoms with van der Waals surface area (Å²) in [5.41, 5.74) is 2.06. The largest absolute Gasteiger partial charge is 0.318 e. The summed E-state index contributed by atoms with van der Waals surface area (Å²) in [5.74, 6) is 0. The van der Waals surface area contributed by atoms with Crippen molar-refractivity contribution in [2.45, 2.75) is 43.9 Å². The Bertz CT molecular complexity index is 390. The fraction of sp³-hybridized carbons (Fsp3) is 0.700. The number of hydrogen-bond acceptors (Lipinski definition) is 3. The van der Waals surface area contributed by atoms with E-state index in [0.717, 1.165) is 11.0 Å². The Kier molecular flexibility index (Phi) is 1.91. The SMILES string of the molecule is Cc1nscc1P(=O)(C1CC1)C1CC1. The third-order valence-electron chi connectivity index (χ3n) is 3.28. The minimum Gasteiger partial charge on any atom is -0.318 e. The quantitative estimate of drug-likeness (QED) is 0.743. The van der Waals surface area contributed by atoms with Crippen LogP contribution in [0.25, 0.3) is 0 Å². The third kappa shape index (κ3) is 1.22. The molecular weight excluding hydrogens is 213 g/mol. The van der Waals surface area contributed by atoms with Crippen molar-refractivity contribution in [2.24, 2.45) is 0 Å². The molecule has 0 aromatic carbocycles. The Morgan fingerprint density at radius 2 is 1.93 bits per heavy atom. The second kappa shape index (κ2) is 2.93. The highest BCUT2D eigenvalue weighted by Gasteiger charge is 2.52. The van der Waals surface area contributed by atoms with Gasteiger partial charge in [-0.2, -0.15) is 4.37 Å². The van der Waals surface area contributed by atoms with Gasteiger partial charge in [0.05, 0.1) is 5.69 Å². The second-order valence-electron chi connectivity index (χ2n) is 4.46. The Hall–Kier alpha value is -0.140. The second-order valence-corrected chi connectivity index (χ2v) is 8.45. The minimum atomic E-state index is -2.04. The van der Waals surface area contributed by atoms with Crippen molar-refractivity contribution >= 4 is 24.0 Å². The third-order valence-corrected chi connectivity index (χ3v) is 8.58. The van der Waals surface area contributed by atoms with Crippen LogP contribution in [0.4, 0.5) is 0 Å². The van der Waals surface area contributed by atoms with Gasteiger partial charge in [-0.3, -0.25) is 0 Å². The molecule has 0 bridgehead atoms. The van der Waals surface area contributed by atoms with Crippen molar-refractivity contribution in [3.63, 3.8) is 0 Å². The zero-order valence-corrected chi connectivity index (χ0v) is 9.98. The Balaban J connectivity index is 2.07. The number of aryl methyl sites for hydroxylation is 1. The molecule has 0 amide bonds. The highest BCUT2D eigenvalue weighted by molar-refractivity contribution is 7.73. The van der Waals surface area contributed by atoms with Crippen LogP contribution in [-0.4, -0.2) is 15.7 Å². The Labute approximate surface area is 88.3 Å². The summed E-state index contributed by atoms with van der Waals surface area (Å²) in [7, 11) is -2.04. The average Bonchev–Trinajstić information content (AvgIpc) is 3.00. The van der Waals surface area contributed by atoms with Gasteiger partial charge in [-0.15, -0.1) is 0 Å². The topological polar surface area (TPSA) is 30.0 Å². The Morgan fingerprint density at radius 3 is 2.29 bits per heavy atom. The minimum absolute atomic E-state index is 0.519. The molecule has 0 spiro atoms. The van der Waals surface area contributed by atoms with Crippen LogP contribution in [0.15, 0.2) is 5.38 Å². The molecule has 0 saturated heterocycles. The summed E-state index contributed by atoms with van der Waals surface area (Å²) in [6, 6.07) is 0. The molecule has 1 heterocycles. The van der Waals surface area contributed by atoms with E-state index in [4.69, 9.17) is 0 Å². The lowest BCUT2D eigenvalue weighted by Gasteiger charge is -2.16. The van der Waals surface area contributed by atoms with Gasteiger partial charge in [-0.1, -0.05) is 0 Å². The van der Waals surface area contributed by atoms with E-state index >= 15 is 0 Å². The van der Waals surface area contributed by atoms with E-state index in [1.807, 2.05) is 12.3 Å². The predicted molar refractivity (Wildman–Crippen MR) is 60.1 cm³/mol. The predicted octanol–water partition coefficient (Wildman–Crippen LogP) is 2.76. The molecule has 0 aliphatic heterocycles. The maximum absolute atomic E-state index is 13.0. The van der Waals surface area contributed by atoms with Crippen LogP contribution in [0.3, 0.4) is 0 Å². The molecule has 4 heteroatoms. The van der Waals surface area contributed by atoms with Crippen LogP contribution in [0.5, 0.6) is 0 Å². The first-order chi connectivity index (χ1) is 6.73. The van der Waals surface area contributed by atoms with Crippen LogP contribution in [0, 0.1) is 6.92 Å². The molecule has 0 unspecified atom stereocenters. The number of rotatable bonds is 3. The number of hydrogen-bond donors (Lipinski definition) is 0. The van der Waals surface area contributed by atoms with Crippen molar-refractivity contribution in [3.05, 3.63) is 11.1 Å². The molecule has 76 valence electrons. The van der Waals surface area contributed by atoms with Gasteiger partial charge in [0.15, 0.2) is 0 Å². The van der Waals surface area contributed by atoms with Gasteiger partial charge < -0.3 is 4.57 Å². The monoisotopic (exact) mass is 227 g/mol. The van der Waals surface area contributed by atoms with Crippen molar-refractivity contribution in [1.82, 2.24) is 4.37 Å². The number of aromatic nitrogens is 1. The van der Waals surface area contributed by atoms with Gasteiger partial charge in [-0.05, 0) is 44.1 Å². The molecular formula is C10H14NOPS. The summed E-state index contributed by atoms with van der Waals surface area (Å²) < 4.78 is 17.3. The van der Waals surface area contributed by atoms with E-state index < -0.39 is 7.14 Å². The van der Waals surface area contributed by atoms with E-state index in [1.165, 1.54) is 37.2 Å². The summed E-state index contributed by atoms with van der Waals surface area (Å²) in [4.78, 5) is 0. The molecule has 14 heavy (non-hydrogen) atoms. The molecule has 2 aliphatic carbocycles. The van der Waals surface area contributed by atoms with Crippen molar-refractivity contribution in [1.29, 1.82) is 0 Å². The number of nitrogens with zero attached hydrogens (tertiary/aromatic N) is 1. The zero-order valence-electron chi connectivity index (χ0n) is 8.27. The molecule has 3 rings (SSSR count).